The van der Waals surface area contributed by atoms with Gasteiger partial charge in [0.15, 0.2) is 11.5 Å². The Bertz CT molecular complexity index is 414. The molecule has 0 aromatic heterocycles. The minimum absolute atomic E-state index is 0.00763. The third kappa shape index (κ3) is 3.61. The Kier molecular flexibility index (Phi) is 4.66. The molecule has 0 amide bonds. The van der Waals surface area contributed by atoms with E-state index < -0.39 is 0 Å². The van der Waals surface area contributed by atoms with E-state index in [-0.39, 0.29) is 11.3 Å². The Morgan fingerprint density at radius 3 is 3.00 bits per heavy atom. The van der Waals surface area contributed by atoms with Crippen molar-refractivity contribution in [1.82, 2.24) is 5.32 Å². The maximum Gasteiger partial charge on any atom is 0.162 e. The summed E-state index contributed by atoms with van der Waals surface area (Å²) >= 11 is 0. The fourth-order valence-corrected chi connectivity index (χ4v) is 2.36. The zero-order valence-corrected chi connectivity index (χ0v) is 11.7. The molecule has 1 aliphatic heterocycles. The van der Waals surface area contributed by atoms with Crippen LogP contribution in [0, 0.1) is 0 Å². The summed E-state index contributed by atoms with van der Waals surface area (Å²) < 4.78 is 10.9. The molecule has 1 atom stereocenters. The number of ether oxygens (including phenoxy) is 2. The minimum atomic E-state index is -0.00763. The maximum absolute atomic E-state index is 10.1. The van der Waals surface area contributed by atoms with Crippen molar-refractivity contribution in [3.05, 3.63) is 23.8 Å². The molecule has 0 radical (unpaired) electrons. The second kappa shape index (κ2) is 6.26. The number of benzene rings is 1. The molecule has 2 N–H and O–H groups in total. The molecular formula is C15H23NO3. The van der Waals surface area contributed by atoms with Crippen LogP contribution in [0.3, 0.4) is 0 Å². The molecule has 19 heavy (non-hydrogen) atoms. The first kappa shape index (κ1) is 14.2. The Labute approximate surface area is 114 Å². The van der Waals surface area contributed by atoms with Gasteiger partial charge in [0, 0.05) is 24.3 Å². The molecule has 1 unspecified atom stereocenters. The number of aromatic hydroxyl groups is 1. The monoisotopic (exact) mass is 265 g/mol. The molecule has 1 aromatic rings. The molecule has 1 heterocycles. The Morgan fingerprint density at radius 2 is 2.32 bits per heavy atom. The van der Waals surface area contributed by atoms with E-state index in [0.717, 1.165) is 31.6 Å². The standard InChI is InChI=1S/C15H23NO3/c1-3-19-13-7-4-6-12(14(13)17)10-16-15(2)8-5-9-18-11-15/h4,6-7,16-17H,3,5,8-11H2,1-2H3. The molecule has 1 aliphatic rings. The number of nitrogens with one attached hydrogen (secondary N) is 1. The van der Waals surface area contributed by atoms with Crippen molar-refractivity contribution in [3.8, 4) is 11.5 Å². The minimum Gasteiger partial charge on any atom is -0.504 e. The van der Waals surface area contributed by atoms with Gasteiger partial charge in [0.2, 0.25) is 0 Å². The maximum atomic E-state index is 10.1. The van der Waals surface area contributed by atoms with E-state index in [0.29, 0.717) is 18.9 Å². The van der Waals surface area contributed by atoms with Crippen LogP contribution >= 0.6 is 0 Å². The van der Waals surface area contributed by atoms with Crippen LogP contribution < -0.4 is 10.1 Å². The number of phenolic OH excluding ortho intramolecular Hbond substituents is 1. The second-order valence-electron chi connectivity index (χ2n) is 5.27. The average Bonchev–Trinajstić information content (AvgIpc) is 2.41. The van der Waals surface area contributed by atoms with Crippen molar-refractivity contribution in [2.24, 2.45) is 0 Å². The fraction of sp³-hybridized carbons (Fsp3) is 0.600. The third-order valence-corrected chi connectivity index (χ3v) is 3.53. The van der Waals surface area contributed by atoms with E-state index in [1.165, 1.54) is 0 Å². The number of para-hydroxylation sites is 1. The quantitative estimate of drug-likeness (QED) is 0.858. The first-order chi connectivity index (χ1) is 9.14. The molecule has 2 rings (SSSR count). The third-order valence-electron chi connectivity index (χ3n) is 3.53. The first-order valence-corrected chi connectivity index (χ1v) is 6.91. The zero-order valence-electron chi connectivity index (χ0n) is 11.7. The summed E-state index contributed by atoms with van der Waals surface area (Å²) in [6, 6.07) is 5.60. The Morgan fingerprint density at radius 1 is 1.47 bits per heavy atom. The van der Waals surface area contributed by atoms with E-state index in [1.807, 2.05) is 19.1 Å². The molecule has 1 aromatic carbocycles. The highest BCUT2D eigenvalue weighted by atomic mass is 16.5. The van der Waals surface area contributed by atoms with Gasteiger partial charge in [-0.1, -0.05) is 12.1 Å². The molecule has 0 bridgehead atoms. The van der Waals surface area contributed by atoms with Crippen LogP contribution in [0.1, 0.15) is 32.3 Å². The molecule has 0 saturated carbocycles. The lowest BCUT2D eigenvalue weighted by Crippen LogP contribution is -2.48. The van der Waals surface area contributed by atoms with Crippen molar-refractivity contribution < 1.29 is 14.6 Å². The van der Waals surface area contributed by atoms with Gasteiger partial charge in [-0.25, -0.2) is 0 Å². The summed E-state index contributed by atoms with van der Waals surface area (Å²) in [6.45, 7) is 6.81. The van der Waals surface area contributed by atoms with Crippen molar-refractivity contribution in [2.45, 2.75) is 38.8 Å². The van der Waals surface area contributed by atoms with Crippen LogP contribution in [0.5, 0.6) is 11.5 Å². The molecular weight excluding hydrogens is 242 g/mol. The van der Waals surface area contributed by atoms with Gasteiger partial charge in [-0.15, -0.1) is 0 Å². The van der Waals surface area contributed by atoms with Gasteiger partial charge in [0.1, 0.15) is 0 Å². The van der Waals surface area contributed by atoms with E-state index in [1.54, 1.807) is 6.07 Å². The molecule has 0 aliphatic carbocycles. The van der Waals surface area contributed by atoms with Crippen LogP contribution in [-0.2, 0) is 11.3 Å². The van der Waals surface area contributed by atoms with E-state index in [2.05, 4.69) is 12.2 Å². The Hall–Kier alpha value is -1.26. The second-order valence-corrected chi connectivity index (χ2v) is 5.27. The van der Waals surface area contributed by atoms with E-state index in [9.17, 15) is 5.11 Å². The smallest absolute Gasteiger partial charge is 0.162 e. The van der Waals surface area contributed by atoms with Gasteiger partial charge < -0.3 is 19.9 Å². The molecule has 0 spiro atoms. The van der Waals surface area contributed by atoms with Gasteiger partial charge in [0.25, 0.3) is 0 Å². The predicted octanol–water partition coefficient (Wildman–Crippen LogP) is 2.45. The van der Waals surface area contributed by atoms with Crippen molar-refractivity contribution in [2.75, 3.05) is 19.8 Å². The summed E-state index contributed by atoms with van der Waals surface area (Å²) in [5.74, 6) is 0.782. The number of hydrogen-bond acceptors (Lipinski definition) is 4. The fourth-order valence-electron chi connectivity index (χ4n) is 2.36. The largest absolute Gasteiger partial charge is 0.504 e. The topological polar surface area (TPSA) is 50.7 Å². The predicted molar refractivity (Wildman–Crippen MR) is 74.6 cm³/mol. The van der Waals surface area contributed by atoms with E-state index in [4.69, 9.17) is 9.47 Å². The van der Waals surface area contributed by atoms with Gasteiger partial charge in [-0.2, -0.15) is 0 Å². The van der Waals surface area contributed by atoms with Crippen LogP contribution in [0.4, 0.5) is 0 Å². The van der Waals surface area contributed by atoms with Crippen LogP contribution in [0.25, 0.3) is 0 Å². The van der Waals surface area contributed by atoms with E-state index >= 15 is 0 Å². The summed E-state index contributed by atoms with van der Waals surface area (Å²) in [6.07, 6.45) is 2.17. The van der Waals surface area contributed by atoms with Crippen molar-refractivity contribution in [3.63, 3.8) is 0 Å². The van der Waals surface area contributed by atoms with Gasteiger partial charge in [-0.3, -0.25) is 0 Å². The van der Waals surface area contributed by atoms with Crippen molar-refractivity contribution in [1.29, 1.82) is 0 Å². The van der Waals surface area contributed by atoms with Crippen LogP contribution in [-0.4, -0.2) is 30.5 Å². The molecule has 1 fully saturated rings. The molecule has 4 heteroatoms. The average molecular weight is 265 g/mol. The molecule has 106 valence electrons. The summed E-state index contributed by atoms with van der Waals surface area (Å²) in [7, 11) is 0. The number of rotatable bonds is 5. The van der Waals surface area contributed by atoms with Crippen molar-refractivity contribution >= 4 is 0 Å². The first-order valence-electron chi connectivity index (χ1n) is 6.91. The normalized spacial score (nSPS) is 23.3. The van der Waals surface area contributed by atoms with Gasteiger partial charge in [-0.05, 0) is 32.8 Å². The van der Waals surface area contributed by atoms with Crippen LogP contribution in [0.2, 0.25) is 0 Å². The zero-order chi connectivity index (χ0) is 13.7. The highest BCUT2D eigenvalue weighted by Crippen LogP contribution is 2.30. The summed E-state index contributed by atoms with van der Waals surface area (Å²) in [5, 5.41) is 13.6. The summed E-state index contributed by atoms with van der Waals surface area (Å²) in [4.78, 5) is 0. The Balaban J connectivity index is 2.00. The number of hydrogen-bond donors (Lipinski definition) is 2. The lowest BCUT2D eigenvalue weighted by Gasteiger charge is -2.34. The van der Waals surface area contributed by atoms with Gasteiger partial charge in [0.05, 0.1) is 13.2 Å². The van der Waals surface area contributed by atoms with Gasteiger partial charge >= 0.3 is 0 Å². The number of phenols is 1. The highest BCUT2D eigenvalue weighted by molar-refractivity contribution is 5.45. The lowest BCUT2D eigenvalue weighted by atomic mass is 9.94. The molecule has 4 nitrogen and oxygen atoms in total. The SMILES string of the molecule is CCOc1cccc(CNC2(C)CCCOC2)c1O. The summed E-state index contributed by atoms with van der Waals surface area (Å²) in [5.41, 5.74) is 0.851. The van der Waals surface area contributed by atoms with Crippen LogP contribution in [0.15, 0.2) is 18.2 Å². The lowest BCUT2D eigenvalue weighted by molar-refractivity contribution is 0.0277. The molecule has 1 saturated heterocycles. The highest BCUT2D eigenvalue weighted by Gasteiger charge is 2.27.